The lowest BCUT2D eigenvalue weighted by atomic mass is 10.1. The molecule has 0 fully saturated rings. The minimum atomic E-state index is -0.998. The van der Waals surface area contributed by atoms with Crippen LogP contribution in [-0.2, 0) is 11.2 Å². The van der Waals surface area contributed by atoms with E-state index in [2.05, 4.69) is 0 Å². The Morgan fingerprint density at radius 2 is 1.48 bits per heavy atom. The van der Waals surface area contributed by atoms with Crippen molar-refractivity contribution in [3.05, 3.63) is 89.4 Å². The molecule has 0 aromatic heterocycles. The van der Waals surface area contributed by atoms with Crippen molar-refractivity contribution in [2.45, 2.75) is 12.5 Å². The monoisotopic (exact) mass is 352 g/mol. The number of carbonyl (C=O) groups is 1. The first kappa shape index (κ1) is 17.1. The van der Waals surface area contributed by atoms with Crippen LogP contribution < -0.4 is 4.74 Å². The molecule has 25 heavy (non-hydrogen) atoms. The van der Waals surface area contributed by atoms with Gasteiger partial charge in [-0.2, -0.15) is 0 Å². The summed E-state index contributed by atoms with van der Waals surface area (Å²) in [6.45, 7) is 0. The minimum Gasteiger partial charge on any atom is -0.478 e. The molecule has 1 N–H and O–H groups in total. The molecule has 4 heteroatoms. The zero-order chi connectivity index (χ0) is 17.6. The molecular formula is C21H17ClO3. The molecule has 0 amide bonds. The average molecular weight is 353 g/mol. The molecule has 0 aliphatic carbocycles. The van der Waals surface area contributed by atoms with Crippen LogP contribution in [0, 0.1) is 0 Å². The van der Waals surface area contributed by atoms with Crippen molar-refractivity contribution in [1.29, 1.82) is 0 Å². The Labute approximate surface area is 151 Å². The summed E-state index contributed by atoms with van der Waals surface area (Å²) in [7, 11) is 0. The maximum absolute atomic E-state index is 11.5. The fourth-order valence-electron chi connectivity index (χ4n) is 2.53. The molecular weight excluding hydrogens is 336 g/mol. The van der Waals surface area contributed by atoms with Gasteiger partial charge in [0.05, 0.1) is 0 Å². The summed E-state index contributed by atoms with van der Waals surface area (Å²) >= 11 is 5.86. The van der Waals surface area contributed by atoms with E-state index in [0.29, 0.717) is 10.8 Å². The van der Waals surface area contributed by atoms with Crippen LogP contribution in [0.4, 0.5) is 0 Å². The quantitative estimate of drug-likeness (QED) is 0.672. The smallest absolute Gasteiger partial charge is 0.345 e. The molecule has 0 unspecified atom stereocenters. The summed E-state index contributed by atoms with van der Waals surface area (Å²) in [4.78, 5) is 11.5. The van der Waals surface area contributed by atoms with Crippen molar-refractivity contribution in [1.82, 2.24) is 0 Å². The highest BCUT2D eigenvalue weighted by Crippen LogP contribution is 2.23. The Morgan fingerprint density at radius 3 is 2.08 bits per heavy atom. The van der Waals surface area contributed by atoms with Gasteiger partial charge < -0.3 is 9.84 Å². The van der Waals surface area contributed by atoms with Crippen LogP contribution in [0.3, 0.4) is 0 Å². The van der Waals surface area contributed by atoms with E-state index in [4.69, 9.17) is 16.3 Å². The lowest BCUT2D eigenvalue weighted by Gasteiger charge is -2.15. The van der Waals surface area contributed by atoms with Gasteiger partial charge in [0.15, 0.2) is 6.10 Å². The standard InChI is InChI=1S/C21H17ClO3/c22-18-10-6-15(7-11-18)14-20(21(23)24)25-19-12-8-17(9-13-19)16-4-2-1-3-5-16/h1-13,20H,14H2,(H,23,24)/t20-/m0/s1. The Balaban J connectivity index is 1.72. The summed E-state index contributed by atoms with van der Waals surface area (Å²) in [6, 6.07) is 24.5. The molecule has 0 bridgehead atoms. The second kappa shape index (κ2) is 7.86. The third kappa shape index (κ3) is 4.61. The van der Waals surface area contributed by atoms with Crippen LogP contribution >= 0.6 is 11.6 Å². The van der Waals surface area contributed by atoms with E-state index >= 15 is 0 Å². The van der Waals surface area contributed by atoms with Crippen molar-refractivity contribution in [2.24, 2.45) is 0 Å². The molecule has 0 saturated heterocycles. The molecule has 0 aliphatic rings. The lowest BCUT2D eigenvalue weighted by Crippen LogP contribution is -2.29. The van der Waals surface area contributed by atoms with E-state index in [9.17, 15) is 9.90 Å². The van der Waals surface area contributed by atoms with Gasteiger partial charge in [-0.1, -0.05) is 66.2 Å². The molecule has 0 aliphatic heterocycles. The molecule has 0 spiro atoms. The highest BCUT2D eigenvalue weighted by Gasteiger charge is 2.20. The van der Waals surface area contributed by atoms with E-state index in [1.807, 2.05) is 42.5 Å². The fourth-order valence-corrected chi connectivity index (χ4v) is 2.66. The highest BCUT2D eigenvalue weighted by molar-refractivity contribution is 6.30. The minimum absolute atomic E-state index is 0.271. The van der Waals surface area contributed by atoms with Crippen LogP contribution in [0.2, 0.25) is 5.02 Å². The van der Waals surface area contributed by atoms with E-state index < -0.39 is 12.1 Å². The Morgan fingerprint density at radius 1 is 0.880 bits per heavy atom. The highest BCUT2D eigenvalue weighted by atomic mass is 35.5. The number of hydrogen-bond donors (Lipinski definition) is 1. The first-order valence-electron chi connectivity index (χ1n) is 7.91. The Hall–Kier alpha value is -2.78. The van der Waals surface area contributed by atoms with Crippen LogP contribution in [0.15, 0.2) is 78.9 Å². The van der Waals surface area contributed by atoms with Gasteiger partial charge in [0.25, 0.3) is 0 Å². The van der Waals surface area contributed by atoms with Gasteiger partial charge in [-0.3, -0.25) is 0 Å². The topological polar surface area (TPSA) is 46.5 Å². The number of ether oxygens (including phenoxy) is 1. The normalized spacial score (nSPS) is 11.7. The van der Waals surface area contributed by atoms with Crippen molar-refractivity contribution in [3.63, 3.8) is 0 Å². The predicted molar refractivity (Wildman–Crippen MR) is 99.1 cm³/mol. The van der Waals surface area contributed by atoms with Crippen molar-refractivity contribution in [2.75, 3.05) is 0 Å². The summed E-state index contributed by atoms with van der Waals surface area (Å²) < 4.78 is 5.67. The van der Waals surface area contributed by atoms with E-state index in [0.717, 1.165) is 16.7 Å². The average Bonchev–Trinajstić information content (AvgIpc) is 2.64. The number of halogens is 1. The van der Waals surface area contributed by atoms with Crippen molar-refractivity contribution in [3.8, 4) is 16.9 Å². The maximum Gasteiger partial charge on any atom is 0.345 e. The van der Waals surface area contributed by atoms with Gasteiger partial charge in [0.2, 0.25) is 0 Å². The second-order valence-electron chi connectivity index (χ2n) is 5.67. The molecule has 1 atom stereocenters. The molecule has 3 aromatic rings. The predicted octanol–water partition coefficient (Wildman–Crippen LogP) is 5.08. The number of hydrogen-bond acceptors (Lipinski definition) is 2. The molecule has 0 heterocycles. The van der Waals surface area contributed by atoms with Crippen LogP contribution in [-0.4, -0.2) is 17.2 Å². The molecule has 3 rings (SSSR count). The number of rotatable bonds is 6. The summed E-state index contributed by atoms with van der Waals surface area (Å²) in [6.07, 6.45) is -0.684. The van der Waals surface area contributed by atoms with E-state index in [-0.39, 0.29) is 6.42 Å². The zero-order valence-electron chi connectivity index (χ0n) is 13.4. The van der Waals surface area contributed by atoms with Gasteiger partial charge in [0.1, 0.15) is 5.75 Å². The lowest BCUT2D eigenvalue weighted by molar-refractivity contribution is -0.145. The van der Waals surface area contributed by atoms with E-state index in [1.165, 1.54) is 0 Å². The molecule has 0 saturated carbocycles. The van der Waals surface area contributed by atoms with Crippen LogP contribution in [0.1, 0.15) is 5.56 Å². The maximum atomic E-state index is 11.5. The Bertz CT molecular complexity index is 827. The number of aliphatic carboxylic acids is 1. The third-order valence-corrected chi connectivity index (χ3v) is 4.10. The fraction of sp³-hybridized carbons (Fsp3) is 0.0952. The largest absolute Gasteiger partial charge is 0.478 e. The van der Waals surface area contributed by atoms with Crippen LogP contribution in [0.25, 0.3) is 11.1 Å². The van der Waals surface area contributed by atoms with Crippen molar-refractivity contribution < 1.29 is 14.6 Å². The summed E-state index contributed by atoms with van der Waals surface area (Å²) in [5.74, 6) is -0.469. The van der Waals surface area contributed by atoms with Gasteiger partial charge in [-0.05, 0) is 41.0 Å². The second-order valence-corrected chi connectivity index (χ2v) is 6.10. The zero-order valence-corrected chi connectivity index (χ0v) is 14.2. The van der Waals surface area contributed by atoms with Crippen LogP contribution in [0.5, 0.6) is 5.75 Å². The van der Waals surface area contributed by atoms with Gasteiger partial charge in [-0.15, -0.1) is 0 Å². The molecule has 126 valence electrons. The SMILES string of the molecule is O=C(O)[C@H](Cc1ccc(Cl)cc1)Oc1ccc(-c2ccccc2)cc1. The first-order chi connectivity index (χ1) is 12.1. The first-order valence-corrected chi connectivity index (χ1v) is 8.29. The summed E-state index contributed by atoms with van der Waals surface area (Å²) in [5.41, 5.74) is 3.01. The number of benzene rings is 3. The third-order valence-electron chi connectivity index (χ3n) is 3.85. The van der Waals surface area contributed by atoms with Gasteiger partial charge >= 0.3 is 5.97 Å². The number of carboxylic acids is 1. The molecule has 0 radical (unpaired) electrons. The molecule has 3 aromatic carbocycles. The molecule has 3 nitrogen and oxygen atoms in total. The Kier molecular flexibility index (Phi) is 5.36. The van der Waals surface area contributed by atoms with Gasteiger partial charge in [-0.25, -0.2) is 4.79 Å². The van der Waals surface area contributed by atoms with Gasteiger partial charge in [0, 0.05) is 11.4 Å². The van der Waals surface area contributed by atoms with E-state index in [1.54, 1.807) is 36.4 Å². The number of carboxylic acid groups (broad SMARTS) is 1. The summed E-state index contributed by atoms with van der Waals surface area (Å²) in [5, 5.41) is 10.1. The van der Waals surface area contributed by atoms with Crippen molar-refractivity contribution >= 4 is 17.6 Å².